The highest BCUT2D eigenvalue weighted by molar-refractivity contribution is 7.19. The lowest BCUT2D eigenvalue weighted by Gasteiger charge is -2.26. The van der Waals surface area contributed by atoms with Crippen LogP contribution >= 0.6 is 11.3 Å². The minimum Gasteiger partial charge on any atom is -0.379 e. The van der Waals surface area contributed by atoms with Crippen molar-refractivity contribution in [3.8, 4) is 0 Å². The fourth-order valence-electron chi connectivity index (χ4n) is 3.39. The van der Waals surface area contributed by atoms with Crippen LogP contribution in [0.5, 0.6) is 0 Å². The second kappa shape index (κ2) is 6.10. The van der Waals surface area contributed by atoms with Crippen LogP contribution in [-0.2, 0) is 17.6 Å². The van der Waals surface area contributed by atoms with Crippen LogP contribution in [-0.4, -0.2) is 54.3 Å². The summed E-state index contributed by atoms with van der Waals surface area (Å²) in [4.78, 5) is 14.4. The van der Waals surface area contributed by atoms with Crippen molar-refractivity contribution in [1.29, 1.82) is 0 Å². The van der Waals surface area contributed by atoms with E-state index in [9.17, 15) is 0 Å². The number of hydrogen-bond acceptors (Lipinski definition) is 6. The van der Waals surface area contributed by atoms with Crippen LogP contribution in [0.4, 0.5) is 5.82 Å². The zero-order valence-electron chi connectivity index (χ0n) is 13.0. The Labute approximate surface area is 134 Å². The third-order valence-electron chi connectivity index (χ3n) is 4.50. The van der Waals surface area contributed by atoms with Gasteiger partial charge in [-0.2, -0.15) is 0 Å². The molecule has 1 fully saturated rings. The van der Waals surface area contributed by atoms with Gasteiger partial charge in [-0.05, 0) is 31.7 Å². The molecule has 0 aromatic carbocycles. The first-order valence-electron chi connectivity index (χ1n) is 8.14. The molecule has 0 spiro atoms. The van der Waals surface area contributed by atoms with Gasteiger partial charge in [-0.25, -0.2) is 9.97 Å². The largest absolute Gasteiger partial charge is 0.379 e. The fraction of sp³-hybridized carbons (Fsp3) is 0.625. The average molecular weight is 318 g/mol. The molecule has 0 radical (unpaired) electrons. The van der Waals surface area contributed by atoms with Crippen molar-refractivity contribution in [1.82, 2.24) is 14.9 Å². The Morgan fingerprint density at radius 3 is 2.95 bits per heavy atom. The summed E-state index contributed by atoms with van der Waals surface area (Å²) in [6.07, 6.45) is 3.67. The number of thiophene rings is 1. The maximum atomic E-state index is 5.40. The summed E-state index contributed by atoms with van der Waals surface area (Å²) in [6, 6.07) is 0. The maximum absolute atomic E-state index is 5.40. The Hall–Kier alpha value is -1.24. The zero-order chi connectivity index (χ0) is 14.9. The van der Waals surface area contributed by atoms with Crippen LogP contribution in [0.2, 0.25) is 0 Å². The number of aromatic nitrogens is 2. The lowest BCUT2D eigenvalue weighted by molar-refractivity contribution is 0.0398. The normalized spacial score (nSPS) is 18.8. The molecule has 2 aliphatic rings. The van der Waals surface area contributed by atoms with Gasteiger partial charge in [-0.3, -0.25) is 4.90 Å². The van der Waals surface area contributed by atoms with Crippen molar-refractivity contribution < 1.29 is 4.74 Å². The summed E-state index contributed by atoms with van der Waals surface area (Å²) in [5.74, 6) is 1.90. The molecule has 22 heavy (non-hydrogen) atoms. The van der Waals surface area contributed by atoms with Gasteiger partial charge in [-0.1, -0.05) is 0 Å². The molecule has 0 unspecified atom stereocenters. The minimum atomic E-state index is 0.856. The molecule has 4 rings (SSSR count). The van der Waals surface area contributed by atoms with E-state index in [0.717, 1.165) is 55.9 Å². The molecular formula is C16H22N4OS. The van der Waals surface area contributed by atoms with Crippen LogP contribution in [0.3, 0.4) is 0 Å². The summed E-state index contributed by atoms with van der Waals surface area (Å²) in [5.41, 5.74) is 1.49. The van der Waals surface area contributed by atoms with E-state index in [2.05, 4.69) is 20.2 Å². The van der Waals surface area contributed by atoms with Gasteiger partial charge in [0.05, 0.1) is 18.6 Å². The van der Waals surface area contributed by atoms with Gasteiger partial charge in [0.2, 0.25) is 0 Å². The van der Waals surface area contributed by atoms with Crippen LogP contribution in [0.1, 0.15) is 22.7 Å². The van der Waals surface area contributed by atoms with Gasteiger partial charge in [0.25, 0.3) is 0 Å². The molecule has 0 amide bonds. The molecule has 3 heterocycles. The topological polar surface area (TPSA) is 50.3 Å². The summed E-state index contributed by atoms with van der Waals surface area (Å²) in [6.45, 7) is 7.74. The van der Waals surface area contributed by atoms with E-state index < -0.39 is 0 Å². The molecule has 5 nitrogen and oxygen atoms in total. The molecule has 1 N–H and O–H groups in total. The third kappa shape index (κ3) is 2.71. The molecule has 0 saturated carbocycles. The first kappa shape index (κ1) is 14.4. The summed E-state index contributed by atoms with van der Waals surface area (Å²) in [7, 11) is 0. The molecule has 2 aromatic heterocycles. The van der Waals surface area contributed by atoms with Crippen molar-refractivity contribution in [3.63, 3.8) is 0 Å². The van der Waals surface area contributed by atoms with Gasteiger partial charge in [-0.15, -0.1) is 11.3 Å². The molecule has 1 saturated heterocycles. The molecule has 0 atom stereocenters. The summed E-state index contributed by atoms with van der Waals surface area (Å²) >= 11 is 1.86. The third-order valence-corrected chi connectivity index (χ3v) is 5.69. The van der Waals surface area contributed by atoms with Gasteiger partial charge in [0, 0.05) is 31.1 Å². The predicted octanol–water partition coefficient (Wildman–Crippen LogP) is 2.23. The fourth-order valence-corrected chi connectivity index (χ4v) is 4.69. The van der Waals surface area contributed by atoms with Crippen LogP contribution in [0.25, 0.3) is 10.2 Å². The Morgan fingerprint density at radius 1 is 1.23 bits per heavy atom. The van der Waals surface area contributed by atoms with Gasteiger partial charge < -0.3 is 10.1 Å². The molecule has 1 aliphatic carbocycles. The van der Waals surface area contributed by atoms with E-state index in [1.54, 1.807) is 0 Å². The van der Waals surface area contributed by atoms with E-state index in [1.165, 1.54) is 35.1 Å². The number of nitrogens with zero attached hydrogens (tertiary/aromatic N) is 3. The number of anilines is 1. The molecule has 6 heteroatoms. The highest BCUT2D eigenvalue weighted by Gasteiger charge is 2.21. The van der Waals surface area contributed by atoms with E-state index >= 15 is 0 Å². The van der Waals surface area contributed by atoms with Gasteiger partial charge >= 0.3 is 0 Å². The highest BCUT2D eigenvalue weighted by Crippen LogP contribution is 2.39. The minimum absolute atomic E-state index is 0.856. The SMILES string of the molecule is Cc1nc(NCCN2CCOCC2)c2c3c(sc2n1)CCC3. The number of hydrogen-bond donors (Lipinski definition) is 1. The van der Waals surface area contributed by atoms with Crippen LogP contribution in [0, 0.1) is 6.92 Å². The monoisotopic (exact) mass is 318 g/mol. The van der Waals surface area contributed by atoms with Gasteiger partial charge in [0.1, 0.15) is 16.5 Å². The first-order chi connectivity index (χ1) is 10.8. The maximum Gasteiger partial charge on any atom is 0.138 e. The quantitative estimate of drug-likeness (QED) is 0.937. The Morgan fingerprint density at radius 2 is 2.09 bits per heavy atom. The number of ether oxygens (including phenoxy) is 1. The van der Waals surface area contributed by atoms with Crippen LogP contribution in [0.15, 0.2) is 0 Å². The molecule has 118 valence electrons. The Balaban J connectivity index is 1.53. The van der Waals surface area contributed by atoms with Crippen molar-refractivity contribution in [2.24, 2.45) is 0 Å². The lowest BCUT2D eigenvalue weighted by atomic mass is 10.2. The zero-order valence-corrected chi connectivity index (χ0v) is 13.8. The molecule has 0 bridgehead atoms. The van der Waals surface area contributed by atoms with E-state index in [-0.39, 0.29) is 0 Å². The smallest absolute Gasteiger partial charge is 0.138 e. The molecule has 1 aliphatic heterocycles. The Bertz CT molecular complexity index is 678. The number of morpholine rings is 1. The van der Waals surface area contributed by atoms with Crippen molar-refractivity contribution in [2.45, 2.75) is 26.2 Å². The summed E-state index contributed by atoms with van der Waals surface area (Å²) in [5, 5.41) is 4.85. The Kier molecular flexibility index (Phi) is 3.98. The average Bonchev–Trinajstić information content (AvgIpc) is 3.08. The highest BCUT2D eigenvalue weighted by atomic mass is 32.1. The number of fused-ring (bicyclic) bond motifs is 3. The lowest BCUT2D eigenvalue weighted by Crippen LogP contribution is -2.39. The first-order valence-corrected chi connectivity index (χ1v) is 8.96. The second-order valence-corrected chi connectivity index (χ2v) is 7.12. The second-order valence-electron chi connectivity index (χ2n) is 6.04. The van der Waals surface area contributed by atoms with Crippen molar-refractivity contribution in [2.75, 3.05) is 44.7 Å². The van der Waals surface area contributed by atoms with Gasteiger partial charge in [0.15, 0.2) is 0 Å². The van der Waals surface area contributed by atoms with Crippen LogP contribution < -0.4 is 5.32 Å². The van der Waals surface area contributed by atoms with Crippen molar-refractivity contribution >= 4 is 27.4 Å². The van der Waals surface area contributed by atoms with E-state index in [1.807, 2.05) is 18.3 Å². The predicted molar refractivity (Wildman–Crippen MR) is 89.9 cm³/mol. The number of rotatable bonds is 4. The van der Waals surface area contributed by atoms with E-state index in [4.69, 9.17) is 4.74 Å². The number of nitrogens with one attached hydrogen (secondary N) is 1. The van der Waals surface area contributed by atoms with Crippen molar-refractivity contribution in [3.05, 3.63) is 16.3 Å². The molecular weight excluding hydrogens is 296 g/mol. The molecule has 2 aromatic rings. The van der Waals surface area contributed by atoms with E-state index in [0.29, 0.717) is 0 Å². The number of aryl methyl sites for hydroxylation is 3. The standard InChI is InChI=1S/C16H22N4OS/c1-11-18-15(17-5-6-20-7-9-21-10-8-20)14-12-3-2-4-13(12)22-16(14)19-11/h2-10H2,1H3,(H,17,18,19). The summed E-state index contributed by atoms with van der Waals surface area (Å²) < 4.78 is 5.40.